The first-order chi connectivity index (χ1) is 10.7. The van der Waals surface area contributed by atoms with E-state index in [1.807, 2.05) is 0 Å². The van der Waals surface area contributed by atoms with Crippen LogP contribution in [0.2, 0.25) is 0 Å². The van der Waals surface area contributed by atoms with Gasteiger partial charge in [0.25, 0.3) is 5.91 Å². The zero-order valence-corrected chi connectivity index (χ0v) is 12.2. The molecule has 0 fully saturated rings. The molecule has 116 valence electrons. The van der Waals surface area contributed by atoms with Gasteiger partial charge in [-0.25, -0.2) is 4.98 Å². The number of hydrogen-bond donors (Lipinski definition) is 2. The minimum absolute atomic E-state index is 0.140. The van der Waals surface area contributed by atoms with Gasteiger partial charge in [0.1, 0.15) is 0 Å². The van der Waals surface area contributed by atoms with Crippen molar-refractivity contribution in [2.75, 3.05) is 19.0 Å². The number of amides is 2. The number of nitrogens with one attached hydrogen (secondary N) is 2. The fourth-order valence-electron chi connectivity index (χ4n) is 1.74. The van der Waals surface area contributed by atoms with E-state index in [4.69, 9.17) is 9.15 Å². The van der Waals surface area contributed by atoms with Crippen molar-refractivity contribution in [1.29, 1.82) is 0 Å². The maximum absolute atomic E-state index is 11.7. The fourth-order valence-corrected chi connectivity index (χ4v) is 1.74. The summed E-state index contributed by atoms with van der Waals surface area (Å²) in [6, 6.07) is 6.60. The number of aromatic nitrogens is 1. The lowest BCUT2D eigenvalue weighted by atomic mass is 10.2. The van der Waals surface area contributed by atoms with E-state index in [2.05, 4.69) is 15.6 Å². The number of pyridine rings is 1. The lowest BCUT2D eigenvalue weighted by Gasteiger charge is -2.06. The Balaban J connectivity index is 1.66. The number of carbonyl (C=O) groups is 2. The standard InChI is InChI=1S/C15H17N3O4/c1-21-14-7-6-11(10-17-14)18-13(19)5-2-8-16-15(20)12-4-3-9-22-12/h3-4,6-7,9-10H,2,5,8H2,1H3,(H,16,20)(H,18,19). The number of methoxy groups -OCH3 is 1. The molecule has 2 heterocycles. The van der Waals surface area contributed by atoms with Crippen molar-refractivity contribution >= 4 is 17.5 Å². The summed E-state index contributed by atoms with van der Waals surface area (Å²) in [5, 5.41) is 5.40. The highest BCUT2D eigenvalue weighted by Gasteiger charge is 2.08. The minimum atomic E-state index is -0.287. The third-order valence-corrected chi connectivity index (χ3v) is 2.84. The van der Waals surface area contributed by atoms with Gasteiger partial charge in [-0.3, -0.25) is 9.59 Å². The van der Waals surface area contributed by atoms with Crippen molar-refractivity contribution in [3.8, 4) is 5.88 Å². The van der Waals surface area contributed by atoms with Crippen molar-refractivity contribution in [3.63, 3.8) is 0 Å². The van der Waals surface area contributed by atoms with E-state index in [1.165, 1.54) is 19.6 Å². The number of rotatable bonds is 7. The molecular weight excluding hydrogens is 286 g/mol. The number of ether oxygens (including phenoxy) is 1. The molecule has 0 aliphatic heterocycles. The van der Waals surface area contributed by atoms with Gasteiger partial charge in [0.15, 0.2) is 5.76 Å². The number of nitrogens with zero attached hydrogens (tertiary/aromatic N) is 1. The van der Waals surface area contributed by atoms with E-state index in [1.54, 1.807) is 24.3 Å². The van der Waals surface area contributed by atoms with Gasteiger partial charge in [-0.05, 0) is 24.6 Å². The highest BCUT2D eigenvalue weighted by Crippen LogP contribution is 2.11. The molecule has 0 radical (unpaired) electrons. The van der Waals surface area contributed by atoms with Crippen LogP contribution in [0.5, 0.6) is 5.88 Å². The Labute approximate surface area is 127 Å². The molecule has 2 aromatic heterocycles. The molecule has 0 aliphatic carbocycles. The molecule has 7 nitrogen and oxygen atoms in total. The van der Waals surface area contributed by atoms with Gasteiger partial charge < -0.3 is 19.8 Å². The lowest BCUT2D eigenvalue weighted by Crippen LogP contribution is -2.25. The van der Waals surface area contributed by atoms with Crippen LogP contribution < -0.4 is 15.4 Å². The summed E-state index contributed by atoms with van der Waals surface area (Å²) in [4.78, 5) is 27.3. The van der Waals surface area contributed by atoms with E-state index in [9.17, 15) is 9.59 Å². The van der Waals surface area contributed by atoms with Gasteiger partial charge in [0.05, 0.1) is 25.3 Å². The molecule has 0 bridgehead atoms. The molecule has 2 rings (SSSR count). The normalized spacial score (nSPS) is 10.0. The molecule has 0 unspecified atom stereocenters. The SMILES string of the molecule is COc1ccc(NC(=O)CCCNC(=O)c2ccco2)cn1. The molecule has 2 amide bonds. The van der Waals surface area contributed by atoms with Crippen molar-refractivity contribution in [2.24, 2.45) is 0 Å². The molecule has 2 aromatic rings. The quantitative estimate of drug-likeness (QED) is 0.761. The Kier molecular flexibility index (Phi) is 5.53. The van der Waals surface area contributed by atoms with Crippen molar-refractivity contribution < 1.29 is 18.7 Å². The molecule has 2 N–H and O–H groups in total. The first kappa shape index (κ1) is 15.6. The Bertz CT molecular complexity index is 608. The molecule has 0 saturated carbocycles. The third kappa shape index (κ3) is 4.62. The van der Waals surface area contributed by atoms with Gasteiger partial charge in [0.2, 0.25) is 11.8 Å². The van der Waals surface area contributed by atoms with Crippen LogP contribution >= 0.6 is 0 Å². The fraction of sp³-hybridized carbons (Fsp3) is 0.267. The van der Waals surface area contributed by atoms with Crippen molar-refractivity contribution in [2.45, 2.75) is 12.8 Å². The minimum Gasteiger partial charge on any atom is -0.481 e. The molecule has 0 saturated heterocycles. The van der Waals surface area contributed by atoms with E-state index in [0.717, 1.165) is 0 Å². The smallest absolute Gasteiger partial charge is 0.286 e. The van der Waals surface area contributed by atoms with Crippen molar-refractivity contribution in [3.05, 3.63) is 42.5 Å². The summed E-state index contributed by atoms with van der Waals surface area (Å²) < 4.78 is 9.90. The summed E-state index contributed by atoms with van der Waals surface area (Å²) in [5.41, 5.74) is 0.602. The monoisotopic (exact) mass is 303 g/mol. The van der Waals surface area contributed by atoms with Crippen LogP contribution in [-0.2, 0) is 4.79 Å². The molecule has 0 aliphatic rings. The Morgan fingerprint density at radius 2 is 2.18 bits per heavy atom. The summed E-state index contributed by atoms with van der Waals surface area (Å²) in [5.74, 6) is 0.316. The van der Waals surface area contributed by atoms with E-state index < -0.39 is 0 Å². The Morgan fingerprint density at radius 3 is 2.82 bits per heavy atom. The first-order valence-corrected chi connectivity index (χ1v) is 6.80. The largest absolute Gasteiger partial charge is 0.481 e. The van der Waals surface area contributed by atoms with E-state index in [-0.39, 0.29) is 17.6 Å². The Morgan fingerprint density at radius 1 is 1.32 bits per heavy atom. The molecule has 0 aromatic carbocycles. The maximum Gasteiger partial charge on any atom is 0.286 e. The summed E-state index contributed by atoms with van der Waals surface area (Å²) in [6.45, 7) is 0.397. The van der Waals surface area contributed by atoms with Gasteiger partial charge in [0, 0.05) is 19.0 Å². The number of furan rings is 1. The predicted octanol–water partition coefficient (Wildman–Crippen LogP) is 1.83. The van der Waals surface area contributed by atoms with Gasteiger partial charge in [-0.2, -0.15) is 0 Å². The molecule has 0 atom stereocenters. The summed E-state index contributed by atoms with van der Waals surface area (Å²) in [6.07, 6.45) is 3.78. The second-order valence-electron chi connectivity index (χ2n) is 4.47. The Hall–Kier alpha value is -2.83. The van der Waals surface area contributed by atoms with Crippen LogP contribution in [0.15, 0.2) is 41.1 Å². The number of anilines is 1. The highest BCUT2D eigenvalue weighted by atomic mass is 16.5. The number of carbonyl (C=O) groups excluding carboxylic acids is 2. The van der Waals surface area contributed by atoms with Gasteiger partial charge in [-0.15, -0.1) is 0 Å². The number of hydrogen-bond acceptors (Lipinski definition) is 5. The summed E-state index contributed by atoms with van der Waals surface area (Å²) in [7, 11) is 1.53. The van der Waals surface area contributed by atoms with Gasteiger partial charge >= 0.3 is 0 Å². The second-order valence-corrected chi connectivity index (χ2v) is 4.47. The molecule has 7 heteroatoms. The molecule has 0 spiro atoms. The average molecular weight is 303 g/mol. The highest BCUT2D eigenvalue weighted by molar-refractivity contribution is 5.92. The molecule has 22 heavy (non-hydrogen) atoms. The van der Waals surface area contributed by atoms with Crippen molar-refractivity contribution in [1.82, 2.24) is 10.3 Å². The van der Waals surface area contributed by atoms with Crippen LogP contribution in [0.25, 0.3) is 0 Å². The predicted molar refractivity (Wildman–Crippen MR) is 79.7 cm³/mol. The van der Waals surface area contributed by atoms with Crippen LogP contribution in [0, 0.1) is 0 Å². The third-order valence-electron chi connectivity index (χ3n) is 2.84. The zero-order valence-electron chi connectivity index (χ0n) is 12.2. The van der Waals surface area contributed by atoms with Crippen LogP contribution in [0.3, 0.4) is 0 Å². The van der Waals surface area contributed by atoms with Gasteiger partial charge in [-0.1, -0.05) is 0 Å². The van der Waals surface area contributed by atoms with Crippen LogP contribution in [0.1, 0.15) is 23.4 Å². The van der Waals surface area contributed by atoms with E-state index >= 15 is 0 Å². The zero-order chi connectivity index (χ0) is 15.8. The van der Waals surface area contributed by atoms with E-state index in [0.29, 0.717) is 31.0 Å². The van der Waals surface area contributed by atoms with Crippen LogP contribution in [-0.4, -0.2) is 30.5 Å². The second kappa shape index (κ2) is 7.82. The summed E-state index contributed by atoms with van der Waals surface area (Å²) >= 11 is 0. The average Bonchev–Trinajstić information content (AvgIpc) is 3.06. The molecular formula is C15H17N3O4. The topological polar surface area (TPSA) is 93.5 Å². The van der Waals surface area contributed by atoms with Crippen LogP contribution in [0.4, 0.5) is 5.69 Å². The first-order valence-electron chi connectivity index (χ1n) is 6.80. The lowest BCUT2D eigenvalue weighted by molar-refractivity contribution is -0.116. The maximum atomic E-state index is 11.7.